The molecule has 1 heterocycles. The molecule has 0 radical (unpaired) electrons. The Hall–Kier alpha value is -3.34. The van der Waals surface area contributed by atoms with Gasteiger partial charge < -0.3 is 34.9 Å². The summed E-state index contributed by atoms with van der Waals surface area (Å²) in [4.78, 5) is 53.6. The highest BCUT2D eigenvalue weighted by Crippen LogP contribution is 2.30. The van der Waals surface area contributed by atoms with Crippen molar-refractivity contribution in [1.82, 2.24) is 15.5 Å². The van der Waals surface area contributed by atoms with Crippen LogP contribution in [0.1, 0.15) is 73.8 Å². The van der Waals surface area contributed by atoms with Crippen LogP contribution in [0.4, 0.5) is 4.79 Å². The lowest BCUT2D eigenvalue weighted by atomic mass is 9.97. The largest absolute Gasteiger partial charge is 0.497 e. The zero-order valence-electron chi connectivity index (χ0n) is 25.1. The van der Waals surface area contributed by atoms with Gasteiger partial charge in [0.25, 0.3) is 0 Å². The van der Waals surface area contributed by atoms with Crippen LogP contribution < -0.4 is 15.4 Å². The minimum Gasteiger partial charge on any atom is -0.497 e. The fourth-order valence-electron chi connectivity index (χ4n) is 4.64. The highest BCUT2D eigenvalue weighted by molar-refractivity contribution is 5.94. The number of carboxylic acid groups (broad SMARTS) is 1. The summed E-state index contributed by atoms with van der Waals surface area (Å²) < 4.78 is 16.6. The van der Waals surface area contributed by atoms with Crippen LogP contribution in [0.3, 0.4) is 0 Å². The lowest BCUT2D eigenvalue weighted by molar-refractivity contribution is -0.156. The number of hydrogen-bond donors (Lipinski definition) is 3. The molecular formula is C29H45N3O8. The molecule has 1 aliphatic rings. The first-order valence-corrected chi connectivity index (χ1v) is 13.5. The maximum atomic E-state index is 13.8. The van der Waals surface area contributed by atoms with Crippen molar-refractivity contribution >= 4 is 23.9 Å². The molecule has 1 fully saturated rings. The smallest absolute Gasteiger partial charge is 0.408 e. The van der Waals surface area contributed by atoms with E-state index in [1.54, 1.807) is 59.1 Å². The Balaban J connectivity index is 2.41. The summed E-state index contributed by atoms with van der Waals surface area (Å²) >= 11 is 0. The predicted octanol–water partition coefficient (Wildman–Crippen LogP) is 3.29. The molecule has 1 aromatic rings. The standard InChI is InChI=1S/C29H45N3O8/c1-18(39-27(2,3)4)22(31-26(37)40-28(5,6)7)23(33)30-21(17-19-11-13-20(38-9)14-12-19)24(34)32-16-10-15-29(32,8)25(35)36/h11-14,18,21-22H,10,15-17H2,1-9H3,(H,30,33)(H,31,37)(H,35,36)/t18-,21+,22+,29+/m1/s1. The lowest BCUT2D eigenvalue weighted by Gasteiger charge is -2.35. The van der Waals surface area contributed by atoms with Gasteiger partial charge in [-0.1, -0.05) is 12.1 Å². The Labute approximate surface area is 236 Å². The highest BCUT2D eigenvalue weighted by Gasteiger charge is 2.48. The highest BCUT2D eigenvalue weighted by atomic mass is 16.6. The lowest BCUT2D eigenvalue weighted by Crippen LogP contribution is -2.61. The van der Waals surface area contributed by atoms with Gasteiger partial charge in [-0.25, -0.2) is 9.59 Å². The Morgan fingerprint density at radius 3 is 2.12 bits per heavy atom. The first-order chi connectivity index (χ1) is 18.4. The van der Waals surface area contributed by atoms with Crippen LogP contribution in [-0.2, 0) is 30.3 Å². The number of likely N-dealkylation sites (tertiary alicyclic amines) is 1. The van der Waals surface area contributed by atoms with E-state index in [0.29, 0.717) is 18.6 Å². The first-order valence-electron chi connectivity index (χ1n) is 13.5. The number of benzene rings is 1. The molecule has 3 N–H and O–H groups in total. The van der Waals surface area contributed by atoms with E-state index < -0.39 is 58.8 Å². The SMILES string of the molecule is COc1ccc(C[C@H](NC(=O)[C@@H](NC(=O)OC(C)(C)C)[C@@H](C)OC(C)(C)C)C(=O)N2CCC[C@@]2(C)C(=O)O)cc1. The summed E-state index contributed by atoms with van der Waals surface area (Å²) in [5, 5.41) is 15.3. The van der Waals surface area contributed by atoms with Crippen LogP contribution in [0.5, 0.6) is 5.75 Å². The minimum atomic E-state index is -1.39. The number of rotatable bonds is 10. The number of ether oxygens (including phenoxy) is 3. The molecule has 0 bridgehead atoms. The predicted molar refractivity (Wildman–Crippen MR) is 149 cm³/mol. The molecule has 0 spiro atoms. The number of alkyl carbamates (subject to hydrolysis) is 1. The average molecular weight is 564 g/mol. The van der Waals surface area contributed by atoms with Crippen molar-refractivity contribution in [2.45, 2.75) is 110 Å². The van der Waals surface area contributed by atoms with Gasteiger partial charge in [0.05, 0.1) is 18.8 Å². The monoisotopic (exact) mass is 563 g/mol. The molecule has 0 saturated carbocycles. The number of amides is 3. The fraction of sp³-hybridized carbons (Fsp3) is 0.655. The second-order valence-corrected chi connectivity index (χ2v) is 12.3. The Kier molecular flexibility index (Phi) is 10.6. The van der Waals surface area contributed by atoms with Crippen molar-refractivity contribution in [2.75, 3.05) is 13.7 Å². The molecule has 0 aliphatic carbocycles. The number of carbonyl (C=O) groups excluding carboxylic acids is 3. The zero-order valence-corrected chi connectivity index (χ0v) is 25.1. The normalized spacial score (nSPS) is 19.8. The number of nitrogens with zero attached hydrogens (tertiary/aromatic N) is 1. The molecule has 11 nitrogen and oxygen atoms in total. The van der Waals surface area contributed by atoms with Gasteiger partial charge in [-0.05, 0) is 85.9 Å². The molecular weight excluding hydrogens is 518 g/mol. The molecule has 1 saturated heterocycles. The molecule has 224 valence electrons. The van der Waals surface area contributed by atoms with E-state index in [1.165, 1.54) is 11.8 Å². The van der Waals surface area contributed by atoms with Gasteiger partial charge in [0.2, 0.25) is 11.8 Å². The Bertz CT molecular complexity index is 1060. The van der Waals surface area contributed by atoms with E-state index >= 15 is 0 Å². The van der Waals surface area contributed by atoms with Gasteiger partial charge in [0.15, 0.2) is 0 Å². The molecule has 2 rings (SSSR count). The van der Waals surface area contributed by atoms with Crippen LogP contribution in [0.25, 0.3) is 0 Å². The summed E-state index contributed by atoms with van der Waals surface area (Å²) in [6.07, 6.45) is -0.685. The fourth-order valence-corrected chi connectivity index (χ4v) is 4.64. The molecule has 4 atom stereocenters. The van der Waals surface area contributed by atoms with Gasteiger partial charge in [0.1, 0.15) is 29.0 Å². The van der Waals surface area contributed by atoms with Gasteiger partial charge in [0, 0.05) is 13.0 Å². The van der Waals surface area contributed by atoms with Gasteiger partial charge in [-0.15, -0.1) is 0 Å². The summed E-state index contributed by atoms with van der Waals surface area (Å²) in [6.45, 7) is 14.0. The van der Waals surface area contributed by atoms with E-state index in [-0.39, 0.29) is 13.0 Å². The van der Waals surface area contributed by atoms with E-state index in [9.17, 15) is 24.3 Å². The third-order valence-corrected chi connectivity index (χ3v) is 6.54. The molecule has 1 aliphatic heterocycles. The van der Waals surface area contributed by atoms with Crippen molar-refractivity contribution < 1.29 is 38.5 Å². The van der Waals surface area contributed by atoms with Crippen molar-refractivity contribution in [1.29, 1.82) is 0 Å². The minimum absolute atomic E-state index is 0.0917. The van der Waals surface area contributed by atoms with Crippen LogP contribution in [0, 0.1) is 0 Å². The molecule has 40 heavy (non-hydrogen) atoms. The first kappa shape index (κ1) is 32.9. The zero-order chi connectivity index (χ0) is 30.5. The van der Waals surface area contributed by atoms with Crippen LogP contribution in [0.15, 0.2) is 24.3 Å². The summed E-state index contributed by atoms with van der Waals surface area (Å²) in [5.41, 5.74) is -2.10. The number of aliphatic carboxylic acids is 1. The number of nitrogens with one attached hydrogen (secondary N) is 2. The maximum Gasteiger partial charge on any atom is 0.408 e. The number of methoxy groups -OCH3 is 1. The third kappa shape index (κ3) is 9.11. The van der Waals surface area contributed by atoms with Crippen LogP contribution >= 0.6 is 0 Å². The second-order valence-electron chi connectivity index (χ2n) is 12.3. The molecule has 0 unspecified atom stereocenters. The summed E-state index contributed by atoms with van der Waals surface area (Å²) in [6, 6.07) is 4.71. The number of carbonyl (C=O) groups is 4. The summed E-state index contributed by atoms with van der Waals surface area (Å²) in [5.74, 6) is -1.66. The van der Waals surface area contributed by atoms with Crippen molar-refractivity contribution in [3.63, 3.8) is 0 Å². The molecule has 0 aromatic heterocycles. The van der Waals surface area contributed by atoms with E-state index in [2.05, 4.69) is 10.6 Å². The molecule has 3 amide bonds. The quantitative estimate of drug-likeness (QED) is 0.394. The van der Waals surface area contributed by atoms with E-state index in [4.69, 9.17) is 14.2 Å². The van der Waals surface area contributed by atoms with Crippen molar-refractivity contribution in [3.8, 4) is 5.75 Å². The van der Waals surface area contributed by atoms with E-state index in [1.807, 2.05) is 20.8 Å². The van der Waals surface area contributed by atoms with Gasteiger partial charge in [-0.2, -0.15) is 0 Å². The van der Waals surface area contributed by atoms with E-state index in [0.717, 1.165) is 5.56 Å². The van der Waals surface area contributed by atoms with Crippen LogP contribution in [0.2, 0.25) is 0 Å². The Morgan fingerprint density at radius 1 is 1.02 bits per heavy atom. The number of carboxylic acids is 1. The molecule has 11 heteroatoms. The van der Waals surface area contributed by atoms with Crippen LogP contribution in [-0.4, -0.2) is 82.5 Å². The Morgan fingerprint density at radius 2 is 1.62 bits per heavy atom. The third-order valence-electron chi connectivity index (χ3n) is 6.54. The van der Waals surface area contributed by atoms with Crippen molar-refractivity contribution in [3.05, 3.63) is 29.8 Å². The molecule has 1 aromatic carbocycles. The number of hydrogen-bond acceptors (Lipinski definition) is 7. The summed E-state index contributed by atoms with van der Waals surface area (Å²) in [7, 11) is 1.54. The van der Waals surface area contributed by atoms with Crippen molar-refractivity contribution in [2.24, 2.45) is 0 Å². The average Bonchev–Trinajstić information content (AvgIpc) is 3.22. The van der Waals surface area contributed by atoms with Gasteiger partial charge >= 0.3 is 12.1 Å². The second kappa shape index (κ2) is 12.9. The van der Waals surface area contributed by atoms with Gasteiger partial charge in [-0.3, -0.25) is 9.59 Å². The topological polar surface area (TPSA) is 144 Å². The maximum absolute atomic E-state index is 13.8.